The number of Topliss-reactive ketones (excluding diaryl/α,β-unsaturated/α-hetero) is 1. The van der Waals surface area contributed by atoms with Gasteiger partial charge in [0, 0.05) is 6.04 Å². The summed E-state index contributed by atoms with van der Waals surface area (Å²) in [5.74, 6) is 0.230. The van der Waals surface area contributed by atoms with E-state index in [-0.39, 0.29) is 11.8 Å². The number of hydrogen-bond acceptors (Lipinski definition) is 3. The van der Waals surface area contributed by atoms with E-state index in [1.807, 2.05) is 6.92 Å². The molecule has 1 aliphatic heterocycles. The number of ketones is 1. The lowest BCUT2D eigenvalue weighted by Crippen LogP contribution is -2.45. The van der Waals surface area contributed by atoms with Gasteiger partial charge in [-0.2, -0.15) is 0 Å². The molecule has 0 amide bonds. The van der Waals surface area contributed by atoms with Crippen LogP contribution in [0.25, 0.3) is 0 Å². The molecule has 0 aromatic heterocycles. The van der Waals surface area contributed by atoms with Gasteiger partial charge in [0.25, 0.3) is 0 Å². The molecule has 12 heavy (non-hydrogen) atoms. The van der Waals surface area contributed by atoms with Crippen molar-refractivity contribution in [3.63, 3.8) is 0 Å². The van der Waals surface area contributed by atoms with Crippen LogP contribution in [0.5, 0.6) is 0 Å². The van der Waals surface area contributed by atoms with E-state index in [1.165, 1.54) is 0 Å². The van der Waals surface area contributed by atoms with Gasteiger partial charge in [-0.3, -0.25) is 4.79 Å². The predicted molar refractivity (Wildman–Crippen MR) is 49.2 cm³/mol. The molecule has 0 spiro atoms. The van der Waals surface area contributed by atoms with Crippen LogP contribution in [0.15, 0.2) is 0 Å². The van der Waals surface area contributed by atoms with Crippen molar-refractivity contribution in [2.24, 2.45) is 0 Å². The predicted octanol–water partition coefficient (Wildman–Crippen LogP) is 0.305. The number of nitrogens with one attached hydrogen (secondary N) is 2. The summed E-state index contributed by atoms with van der Waals surface area (Å²) in [7, 11) is 0. The third-order valence-corrected chi connectivity index (χ3v) is 2.43. The first-order valence-electron chi connectivity index (χ1n) is 4.67. The Morgan fingerprint density at radius 1 is 1.50 bits per heavy atom. The zero-order valence-electron chi connectivity index (χ0n) is 7.89. The standard InChI is InChI=1S/C9H18N2O/c1-7(8(2)12)11-9-3-5-10-6-4-9/h7,9-11H,3-6H2,1-2H3. The Morgan fingerprint density at radius 2 is 2.08 bits per heavy atom. The van der Waals surface area contributed by atoms with Crippen molar-refractivity contribution in [1.82, 2.24) is 10.6 Å². The first-order valence-corrected chi connectivity index (χ1v) is 4.67. The average molecular weight is 170 g/mol. The molecule has 70 valence electrons. The topological polar surface area (TPSA) is 41.1 Å². The lowest BCUT2D eigenvalue weighted by atomic mass is 10.1. The van der Waals surface area contributed by atoms with E-state index < -0.39 is 0 Å². The molecule has 0 saturated carbocycles. The number of rotatable bonds is 3. The Bertz CT molecular complexity index is 153. The molecule has 0 aromatic rings. The Balaban J connectivity index is 2.24. The highest BCUT2D eigenvalue weighted by Crippen LogP contribution is 2.03. The molecule has 0 aliphatic carbocycles. The second-order valence-corrected chi connectivity index (χ2v) is 3.52. The summed E-state index contributed by atoms with van der Waals surface area (Å²) < 4.78 is 0. The van der Waals surface area contributed by atoms with Gasteiger partial charge in [0.05, 0.1) is 6.04 Å². The smallest absolute Gasteiger partial charge is 0.146 e. The van der Waals surface area contributed by atoms with E-state index in [0.717, 1.165) is 25.9 Å². The van der Waals surface area contributed by atoms with Crippen molar-refractivity contribution >= 4 is 5.78 Å². The van der Waals surface area contributed by atoms with Crippen LogP contribution in [-0.4, -0.2) is 31.0 Å². The largest absolute Gasteiger partial charge is 0.317 e. The summed E-state index contributed by atoms with van der Waals surface area (Å²) in [6.45, 7) is 5.72. The van der Waals surface area contributed by atoms with E-state index in [2.05, 4.69) is 10.6 Å². The van der Waals surface area contributed by atoms with Crippen molar-refractivity contribution in [3.8, 4) is 0 Å². The van der Waals surface area contributed by atoms with Crippen molar-refractivity contribution in [2.75, 3.05) is 13.1 Å². The number of hydrogen-bond donors (Lipinski definition) is 2. The summed E-state index contributed by atoms with van der Waals surface area (Å²) in [4.78, 5) is 10.9. The Morgan fingerprint density at radius 3 is 2.58 bits per heavy atom. The van der Waals surface area contributed by atoms with Gasteiger partial charge in [0.1, 0.15) is 5.78 Å². The minimum absolute atomic E-state index is 0.0214. The van der Waals surface area contributed by atoms with E-state index >= 15 is 0 Å². The normalized spacial score (nSPS) is 22.2. The zero-order valence-corrected chi connectivity index (χ0v) is 7.89. The molecule has 1 unspecified atom stereocenters. The third-order valence-electron chi connectivity index (χ3n) is 2.43. The van der Waals surface area contributed by atoms with Crippen LogP contribution in [0, 0.1) is 0 Å². The van der Waals surface area contributed by atoms with Crippen molar-refractivity contribution in [3.05, 3.63) is 0 Å². The van der Waals surface area contributed by atoms with Gasteiger partial charge in [-0.05, 0) is 39.8 Å². The lowest BCUT2D eigenvalue weighted by Gasteiger charge is -2.26. The minimum Gasteiger partial charge on any atom is -0.317 e. The van der Waals surface area contributed by atoms with Crippen molar-refractivity contribution in [2.45, 2.75) is 38.8 Å². The van der Waals surface area contributed by atoms with Gasteiger partial charge in [0.15, 0.2) is 0 Å². The maximum absolute atomic E-state index is 10.9. The molecule has 0 radical (unpaired) electrons. The number of carbonyl (C=O) groups excluding carboxylic acids is 1. The molecule has 1 rings (SSSR count). The SMILES string of the molecule is CC(=O)C(C)NC1CCNCC1. The van der Waals surface area contributed by atoms with Crippen LogP contribution >= 0.6 is 0 Å². The van der Waals surface area contributed by atoms with Crippen LogP contribution in [-0.2, 0) is 4.79 Å². The first-order chi connectivity index (χ1) is 5.70. The second kappa shape index (κ2) is 4.58. The highest BCUT2D eigenvalue weighted by Gasteiger charge is 2.16. The fraction of sp³-hybridized carbons (Fsp3) is 0.889. The van der Waals surface area contributed by atoms with Gasteiger partial charge < -0.3 is 10.6 Å². The van der Waals surface area contributed by atoms with Crippen LogP contribution in [0.1, 0.15) is 26.7 Å². The van der Waals surface area contributed by atoms with E-state index in [0.29, 0.717) is 6.04 Å². The molecular weight excluding hydrogens is 152 g/mol. The van der Waals surface area contributed by atoms with Crippen LogP contribution in [0.3, 0.4) is 0 Å². The molecule has 1 saturated heterocycles. The third kappa shape index (κ3) is 2.91. The molecular formula is C9H18N2O. The van der Waals surface area contributed by atoms with Crippen LogP contribution in [0.2, 0.25) is 0 Å². The molecule has 0 aromatic carbocycles. The van der Waals surface area contributed by atoms with E-state index in [9.17, 15) is 4.79 Å². The number of carbonyl (C=O) groups is 1. The van der Waals surface area contributed by atoms with Gasteiger partial charge >= 0.3 is 0 Å². The Kier molecular flexibility index (Phi) is 3.69. The van der Waals surface area contributed by atoms with Crippen molar-refractivity contribution < 1.29 is 4.79 Å². The molecule has 3 nitrogen and oxygen atoms in total. The van der Waals surface area contributed by atoms with Gasteiger partial charge in [0.2, 0.25) is 0 Å². The zero-order chi connectivity index (χ0) is 8.97. The molecule has 1 atom stereocenters. The highest BCUT2D eigenvalue weighted by atomic mass is 16.1. The fourth-order valence-electron chi connectivity index (χ4n) is 1.46. The number of piperidine rings is 1. The van der Waals surface area contributed by atoms with Crippen molar-refractivity contribution in [1.29, 1.82) is 0 Å². The fourth-order valence-corrected chi connectivity index (χ4v) is 1.46. The minimum atomic E-state index is 0.0214. The lowest BCUT2D eigenvalue weighted by molar-refractivity contribution is -0.118. The molecule has 1 aliphatic rings. The monoisotopic (exact) mass is 170 g/mol. The first kappa shape index (κ1) is 9.68. The summed E-state index contributed by atoms with van der Waals surface area (Å²) in [5, 5.41) is 6.62. The molecule has 0 bridgehead atoms. The second-order valence-electron chi connectivity index (χ2n) is 3.52. The van der Waals surface area contributed by atoms with Crippen LogP contribution < -0.4 is 10.6 Å². The van der Waals surface area contributed by atoms with Gasteiger partial charge in [-0.15, -0.1) is 0 Å². The maximum Gasteiger partial charge on any atom is 0.146 e. The average Bonchev–Trinajstić information content (AvgIpc) is 2.06. The summed E-state index contributed by atoms with van der Waals surface area (Å²) in [5.41, 5.74) is 0. The summed E-state index contributed by atoms with van der Waals surface area (Å²) >= 11 is 0. The van der Waals surface area contributed by atoms with E-state index in [4.69, 9.17) is 0 Å². The maximum atomic E-state index is 10.9. The van der Waals surface area contributed by atoms with E-state index in [1.54, 1.807) is 6.92 Å². The molecule has 1 fully saturated rings. The molecule has 2 N–H and O–H groups in total. The summed E-state index contributed by atoms with van der Waals surface area (Å²) in [6.07, 6.45) is 2.27. The highest BCUT2D eigenvalue weighted by molar-refractivity contribution is 5.80. The quantitative estimate of drug-likeness (QED) is 0.640. The molecule has 1 heterocycles. The molecule has 3 heteroatoms. The van der Waals surface area contributed by atoms with Gasteiger partial charge in [-0.25, -0.2) is 0 Å². The van der Waals surface area contributed by atoms with Crippen LogP contribution in [0.4, 0.5) is 0 Å². The Hall–Kier alpha value is -0.410. The van der Waals surface area contributed by atoms with Gasteiger partial charge in [-0.1, -0.05) is 0 Å². The summed E-state index contributed by atoms with van der Waals surface area (Å²) in [6, 6.07) is 0.554. The Labute approximate surface area is 73.9 Å².